The van der Waals surface area contributed by atoms with Crippen LogP contribution < -0.4 is 10.1 Å². The van der Waals surface area contributed by atoms with E-state index in [1.54, 1.807) is 30.0 Å². The van der Waals surface area contributed by atoms with Crippen molar-refractivity contribution in [3.8, 4) is 5.75 Å². The largest absolute Gasteiger partial charge is 0.483 e. The predicted molar refractivity (Wildman–Crippen MR) is 111 cm³/mol. The number of hydrogen-bond donors (Lipinski definition) is 1. The van der Waals surface area contributed by atoms with E-state index in [1.807, 2.05) is 19.1 Å². The average Bonchev–Trinajstić information content (AvgIpc) is 3.07. The van der Waals surface area contributed by atoms with Crippen LogP contribution in [0.1, 0.15) is 16.7 Å². The normalized spacial score (nSPS) is 10.6. The van der Waals surface area contributed by atoms with Crippen molar-refractivity contribution in [1.29, 1.82) is 0 Å². The number of halogens is 1. The van der Waals surface area contributed by atoms with Gasteiger partial charge in [0, 0.05) is 10.8 Å². The molecule has 140 valence electrons. The zero-order valence-electron chi connectivity index (χ0n) is 14.9. The molecule has 8 heteroatoms. The molecule has 2 aromatic carbocycles. The Morgan fingerprint density at radius 1 is 1.19 bits per heavy atom. The zero-order valence-corrected chi connectivity index (χ0v) is 17.2. The van der Waals surface area contributed by atoms with Gasteiger partial charge in [-0.15, -0.1) is 10.2 Å². The molecule has 0 bridgehead atoms. The maximum atomic E-state index is 12.1. The van der Waals surface area contributed by atoms with Gasteiger partial charge in [0.15, 0.2) is 10.9 Å². The van der Waals surface area contributed by atoms with Crippen molar-refractivity contribution in [2.45, 2.75) is 23.9 Å². The molecule has 1 amide bonds. The minimum Gasteiger partial charge on any atom is -0.483 e. The Bertz CT molecular complexity index is 946. The molecular weight excluding hydrogens is 402 g/mol. The maximum Gasteiger partial charge on any atom is 0.264 e. The highest BCUT2D eigenvalue weighted by molar-refractivity contribution is 8.00. The lowest BCUT2D eigenvalue weighted by Crippen LogP contribution is -2.20. The molecule has 0 fully saturated rings. The fourth-order valence-corrected chi connectivity index (χ4v) is 4.37. The molecule has 3 aromatic rings. The summed E-state index contributed by atoms with van der Waals surface area (Å²) < 4.78 is 6.34. The Hall–Kier alpha value is -2.09. The van der Waals surface area contributed by atoms with Gasteiger partial charge < -0.3 is 4.74 Å². The number of benzene rings is 2. The molecule has 0 radical (unpaired) electrons. The standard InChI is InChI=1S/C19H18ClN3O2S2/c1-12-5-3-4-6-14(12)11-26-19-23-22-18(27-19)21-17(24)10-25-16-8-7-15(20)9-13(16)2/h3-9H,10-11H2,1-2H3,(H,21,22,24). The molecule has 1 N–H and O–H groups in total. The van der Waals surface area contributed by atoms with Crippen LogP contribution >= 0.6 is 34.7 Å². The van der Waals surface area contributed by atoms with Gasteiger partial charge in [-0.25, -0.2) is 0 Å². The third-order valence-electron chi connectivity index (χ3n) is 3.76. The van der Waals surface area contributed by atoms with Gasteiger partial charge in [-0.05, 0) is 48.7 Å². The molecular formula is C19H18ClN3O2S2. The molecule has 27 heavy (non-hydrogen) atoms. The SMILES string of the molecule is Cc1ccccc1CSc1nnc(NC(=O)COc2ccc(Cl)cc2C)s1. The van der Waals surface area contributed by atoms with Crippen LogP contribution in [-0.4, -0.2) is 22.7 Å². The smallest absolute Gasteiger partial charge is 0.264 e. The third kappa shape index (κ3) is 5.69. The van der Waals surface area contributed by atoms with E-state index in [0.29, 0.717) is 15.9 Å². The van der Waals surface area contributed by atoms with E-state index in [-0.39, 0.29) is 12.5 Å². The number of hydrogen-bond acceptors (Lipinski definition) is 6. The quantitative estimate of drug-likeness (QED) is 0.425. The molecule has 1 heterocycles. The van der Waals surface area contributed by atoms with Gasteiger partial charge in [0.1, 0.15) is 5.75 Å². The second-order valence-corrected chi connectivity index (χ2v) is 8.47. The molecule has 0 atom stereocenters. The van der Waals surface area contributed by atoms with Crippen LogP contribution in [0, 0.1) is 13.8 Å². The summed E-state index contributed by atoms with van der Waals surface area (Å²) in [6.07, 6.45) is 0. The van der Waals surface area contributed by atoms with Crippen molar-refractivity contribution in [1.82, 2.24) is 10.2 Å². The first kappa shape index (κ1) is 19.7. The Morgan fingerprint density at radius 2 is 2.00 bits per heavy atom. The molecule has 0 aliphatic heterocycles. The molecule has 3 rings (SSSR count). The van der Waals surface area contributed by atoms with Crippen LogP contribution in [0.5, 0.6) is 5.75 Å². The van der Waals surface area contributed by atoms with Crippen LogP contribution in [-0.2, 0) is 10.5 Å². The van der Waals surface area contributed by atoms with Gasteiger partial charge >= 0.3 is 0 Å². The number of carbonyl (C=O) groups excluding carboxylic acids is 1. The summed E-state index contributed by atoms with van der Waals surface area (Å²) in [5, 5.41) is 11.9. The Morgan fingerprint density at radius 3 is 2.78 bits per heavy atom. The number of ether oxygens (including phenoxy) is 1. The van der Waals surface area contributed by atoms with Gasteiger partial charge in [0.25, 0.3) is 5.91 Å². The third-order valence-corrected chi connectivity index (χ3v) is 6.02. The highest BCUT2D eigenvalue weighted by atomic mass is 35.5. The van der Waals surface area contributed by atoms with Crippen LogP contribution in [0.3, 0.4) is 0 Å². The molecule has 0 aliphatic carbocycles. The molecule has 5 nitrogen and oxygen atoms in total. The first-order chi connectivity index (χ1) is 13.0. The zero-order chi connectivity index (χ0) is 19.2. The van der Waals surface area contributed by atoms with E-state index in [1.165, 1.54) is 22.5 Å². The number of aryl methyl sites for hydroxylation is 2. The minimum absolute atomic E-state index is 0.103. The van der Waals surface area contributed by atoms with Crippen molar-refractivity contribution < 1.29 is 9.53 Å². The first-order valence-electron chi connectivity index (χ1n) is 8.21. The molecule has 0 saturated heterocycles. The van der Waals surface area contributed by atoms with E-state index < -0.39 is 0 Å². The van der Waals surface area contributed by atoms with Crippen LogP contribution in [0.4, 0.5) is 5.13 Å². The number of rotatable bonds is 7. The van der Waals surface area contributed by atoms with Crippen molar-refractivity contribution in [2.75, 3.05) is 11.9 Å². The van der Waals surface area contributed by atoms with Gasteiger partial charge in [0.2, 0.25) is 5.13 Å². The lowest BCUT2D eigenvalue weighted by atomic mass is 10.1. The molecule has 0 unspecified atom stereocenters. The van der Waals surface area contributed by atoms with E-state index in [4.69, 9.17) is 16.3 Å². The Balaban J connectivity index is 1.49. The van der Waals surface area contributed by atoms with Gasteiger partial charge in [-0.2, -0.15) is 0 Å². The lowest BCUT2D eigenvalue weighted by Gasteiger charge is -2.08. The minimum atomic E-state index is -0.282. The second-order valence-electron chi connectivity index (χ2n) is 5.83. The number of aromatic nitrogens is 2. The monoisotopic (exact) mass is 419 g/mol. The Kier molecular flexibility index (Phi) is 6.71. The highest BCUT2D eigenvalue weighted by Gasteiger charge is 2.11. The van der Waals surface area contributed by atoms with Crippen LogP contribution in [0.15, 0.2) is 46.8 Å². The molecule has 0 saturated carbocycles. The predicted octanol–water partition coefficient (Wildman–Crippen LogP) is 5.12. The fraction of sp³-hybridized carbons (Fsp3) is 0.211. The first-order valence-corrected chi connectivity index (χ1v) is 10.4. The summed E-state index contributed by atoms with van der Waals surface area (Å²) in [6, 6.07) is 13.5. The lowest BCUT2D eigenvalue weighted by molar-refractivity contribution is -0.118. The highest BCUT2D eigenvalue weighted by Crippen LogP contribution is 2.29. The van der Waals surface area contributed by atoms with Gasteiger partial charge in [0.05, 0.1) is 0 Å². The fourth-order valence-electron chi connectivity index (χ4n) is 2.30. The summed E-state index contributed by atoms with van der Waals surface area (Å²) in [4.78, 5) is 12.1. The van der Waals surface area contributed by atoms with Crippen molar-refractivity contribution in [3.05, 3.63) is 64.2 Å². The summed E-state index contributed by atoms with van der Waals surface area (Å²) in [7, 11) is 0. The summed E-state index contributed by atoms with van der Waals surface area (Å²) in [5.41, 5.74) is 3.38. The average molecular weight is 420 g/mol. The van der Waals surface area contributed by atoms with E-state index in [2.05, 4.69) is 34.6 Å². The molecule has 1 aromatic heterocycles. The van der Waals surface area contributed by atoms with E-state index in [0.717, 1.165) is 15.7 Å². The Labute approximate surface area is 171 Å². The summed E-state index contributed by atoms with van der Waals surface area (Å²) in [5.74, 6) is 1.16. The van der Waals surface area contributed by atoms with Gasteiger partial charge in [-0.1, -0.05) is 59.0 Å². The number of carbonyl (C=O) groups is 1. The molecule has 0 aliphatic rings. The number of amides is 1. The summed E-state index contributed by atoms with van der Waals surface area (Å²) in [6.45, 7) is 3.86. The van der Waals surface area contributed by atoms with Crippen molar-refractivity contribution in [2.24, 2.45) is 0 Å². The van der Waals surface area contributed by atoms with Crippen molar-refractivity contribution in [3.63, 3.8) is 0 Å². The van der Waals surface area contributed by atoms with E-state index >= 15 is 0 Å². The van der Waals surface area contributed by atoms with Crippen LogP contribution in [0.2, 0.25) is 5.02 Å². The van der Waals surface area contributed by atoms with Crippen molar-refractivity contribution >= 4 is 45.7 Å². The number of nitrogens with zero attached hydrogens (tertiary/aromatic N) is 2. The topological polar surface area (TPSA) is 64.1 Å². The summed E-state index contributed by atoms with van der Waals surface area (Å²) >= 11 is 8.86. The maximum absolute atomic E-state index is 12.1. The molecule has 0 spiro atoms. The van der Waals surface area contributed by atoms with E-state index in [9.17, 15) is 4.79 Å². The van der Waals surface area contributed by atoms with Crippen LogP contribution in [0.25, 0.3) is 0 Å². The number of thioether (sulfide) groups is 1. The second kappa shape index (κ2) is 9.21. The number of nitrogens with one attached hydrogen (secondary N) is 1. The number of anilines is 1. The van der Waals surface area contributed by atoms with Gasteiger partial charge in [-0.3, -0.25) is 10.1 Å².